The van der Waals surface area contributed by atoms with Crippen molar-refractivity contribution < 1.29 is 28.7 Å². The molecule has 8 unspecified atom stereocenters. The Morgan fingerprint density at radius 1 is 0.615 bits per heavy atom. The largest absolute Gasteiger partial charge is 0.459 e. The molecule has 0 spiro atoms. The fourth-order valence-electron chi connectivity index (χ4n) is 8.50. The van der Waals surface area contributed by atoms with Crippen molar-refractivity contribution in [3.8, 4) is 0 Å². The maximum Gasteiger partial charge on any atom is 0.331 e. The Labute approximate surface area is 314 Å². The van der Waals surface area contributed by atoms with Gasteiger partial charge in [-0.25, -0.2) is 9.59 Å². The molecule has 2 aliphatic heterocycles. The van der Waals surface area contributed by atoms with E-state index in [0.717, 1.165) is 38.5 Å². The highest BCUT2D eigenvalue weighted by molar-refractivity contribution is 5.91. The summed E-state index contributed by atoms with van der Waals surface area (Å²) in [5, 5.41) is 4.39. The van der Waals surface area contributed by atoms with Gasteiger partial charge in [0.15, 0.2) is 0 Å². The van der Waals surface area contributed by atoms with Crippen LogP contribution in [0.2, 0.25) is 0 Å². The predicted octanol–water partition coefficient (Wildman–Crippen LogP) is 9.07. The van der Waals surface area contributed by atoms with Crippen molar-refractivity contribution in [2.45, 2.75) is 155 Å². The summed E-state index contributed by atoms with van der Waals surface area (Å²) >= 11 is 0. The lowest BCUT2D eigenvalue weighted by atomic mass is 9.69. The van der Waals surface area contributed by atoms with Crippen LogP contribution in [-0.4, -0.2) is 69.6 Å². The van der Waals surface area contributed by atoms with Crippen LogP contribution in [0.5, 0.6) is 0 Å². The Balaban J connectivity index is 1.38. The van der Waals surface area contributed by atoms with Gasteiger partial charge in [-0.1, -0.05) is 102 Å². The zero-order valence-corrected chi connectivity index (χ0v) is 33.7. The summed E-state index contributed by atoms with van der Waals surface area (Å²) in [6, 6.07) is 20.7. The number of nitrogens with zero attached hydrogens (tertiary/aromatic N) is 2. The lowest BCUT2D eigenvalue weighted by Gasteiger charge is -2.58. The van der Waals surface area contributed by atoms with E-state index < -0.39 is 11.9 Å². The standard InChI is InChI=1S/C44H66N2O6/c1-11-41(7)31-37(33(5)43(9,13-3)45(41)49-29-27-35-21-17-15-18-22-35)51-39(47)25-26-40(48)52-38-32-42(8,12-2)46(44(10,14-4)34(38)6)50-30-28-36-23-19-16-20-24-36/h15-26,33-34,37-38H,11-14,27-32H2,1-10H3. The molecule has 2 saturated heterocycles. The van der Waals surface area contributed by atoms with Crippen LogP contribution in [0.1, 0.15) is 119 Å². The molecule has 52 heavy (non-hydrogen) atoms. The van der Waals surface area contributed by atoms with Crippen LogP contribution in [-0.2, 0) is 41.6 Å². The number of hydroxylamine groups is 4. The highest BCUT2D eigenvalue weighted by Gasteiger charge is 2.56. The van der Waals surface area contributed by atoms with Gasteiger partial charge in [-0.2, -0.15) is 10.1 Å². The van der Waals surface area contributed by atoms with Gasteiger partial charge in [-0.3, -0.25) is 9.68 Å². The molecule has 0 N–H and O–H groups in total. The Kier molecular flexibility index (Phi) is 14.3. The average Bonchev–Trinajstić information content (AvgIpc) is 3.15. The van der Waals surface area contributed by atoms with Gasteiger partial charge in [-0.05, 0) is 77.3 Å². The van der Waals surface area contributed by atoms with E-state index in [-0.39, 0.29) is 46.2 Å². The van der Waals surface area contributed by atoms with Crippen LogP contribution in [0.4, 0.5) is 0 Å². The minimum Gasteiger partial charge on any atom is -0.459 e. The van der Waals surface area contributed by atoms with Crippen molar-refractivity contribution in [3.63, 3.8) is 0 Å². The zero-order valence-electron chi connectivity index (χ0n) is 33.7. The molecule has 288 valence electrons. The molecule has 0 radical (unpaired) electrons. The van der Waals surface area contributed by atoms with E-state index in [1.807, 2.05) is 12.1 Å². The highest BCUT2D eigenvalue weighted by Crippen LogP contribution is 2.48. The predicted molar refractivity (Wildman–Crippen MR) is 207 cm³/mol. The van der Waals surface area contributed by atoms with Crippen molar-refractivity contribution in [3.05, 3.63) is 83.9 Å². The number of esters is 2. The van der Waals surface area contributed by atoms with Gasteiger partial charge in [-0.15, -0.1) is 0 Å². The molecular formula is C44H66N2O6. The third-order valence-corrected chi connectivity index (χ3v) is 13.0. The summed E-state index contributed by atoms with van der Waals surface area (Å²) in [6.45, 7) is 22.9. The van der Waals surface area contributed by atoms with Gasteiger partial charge in [0, 0.05) is 59.0 Å². The van der Waals surface area contributed by atoms with Crippen LogP contribution in [0.25, 0.3) is 0 Å². The monoisotopic (exact) mass is 718 g/mol. The van der Waals surface area contributed by atoms with Gasteiger partial charge in [0.1, 0.15) is 12.2 Å². The molecule has 2 heterocycles. The zero-order chi connectivity index (χ0) is 38.2. The molecule has 0 amide bonds. The van der Waals surface area contributed by atoms with Crippen LogP contribution in [0.15, 0.2) is 72.8 Å². The third-order valence-electron chi connectivity index (χ3n) is 13.0. The van der Waals surface area contributed by atoms with Crippen LogP contribution in [0.3, 0.4) is 0 Å². The van der Waals surface area contributed by atoms with E-state index in [1.54, 1.807) is 0 Å². The lowest BCUT2D eigenvalue weighted by Crippen LogP contribution is -2.68. The fraction of sp³-hybridized carbons (Fsp3) is 0.636. The van der Waals surface area contributed by atoms with E-state index in [4.69, 9.17) is 19.1 Å². The first-order valence-corrected chi connectivity index (χ1v) is 19.7. The smallest absolute Gasteiger partial charge is 0.331 e. The number of hydrogen-bond acceptors (Lipinski definition) is 8. The molecule has 0 aromatic heterocycles. The topological polar surface area (TPSA) is 77.5 Å². The quantitative estimate of drug-likeness (QED) is 0.126. The van der Waals surface area contributed by atoms with E-state index >= 15 is 0 Å². The molecule has 2 aromatic carbocycles. The third kappa shape index (κ3) is 9.18. The van der Waals surface area contributed by atoms with E-state index in [2.05, 4.69) is 128 Å². The van der Waals surface area contributed by atoms with Gasteiger partial charge in [0.2, 0.25) is 0 Å². The van der Waals surface area contributed by atoms with Crippen molar-refractivity contribution in [1.29, 1.82) is 0 Å². The summed E-state index contributed by atoms with van der Waals surface area (Å²) in [7, 11) is 0. The second kappa shape index (κ2) is 17.9. The van der Waals surface area contributed by atoms with E-state index in [1.165, 1.54) is 23.3 Å². The van der Waals surface area contributed by atoms with E-state index in [9.17, 15) is 9.59 Å². The summed E-state index contributed by atoms with van der Waals surface area (Å²) < 4.78 is 12.3. The number of benzene rings is 2. The molecule has 4 rings (SSSR count). The first-order chi connectivity index (χ1) is 24.7. The highest BCUT2D eigenvalue weighted by atomic mass is 16.7. The maximum atomic E-state index is 13.3. The number of carbonyl (C=O) groups is 2. The molecular weight excluding hydrogens is 652 g/mol. The molecule has 0 saturated carbocycles. The summed E-state index contributed by atoms with van der Waals surface area (Å²) in [5.74, 6) is -1.07. The molecule has 8 atom stereocenters. The van der Waals surface area contributed by atoms with Gasteiger partial charge < -0.3 is 9.47 Å². The van der Waals surface area contributed by atoms with Gasteiger partial charge in [0.05, 0.1) is 13.2 Å². The van der Waals surface area contributed by atoms with Crippen molar-refractivity contribution in [2.24, 2.45) is 11.8 Å². The molecule has 0 bridgehead atoms. The molecule has 2 aromatic rings. The number of rotatable bonds is 16. The molecule has 0 aliphatic carbocycles. The Morgan fingerprint density at radius 2 is 0.962 bits per heavy atom. The van der Waals surface area contributed by atoms with Gasteiger partial charge >= 0.3 is 11.9 Å². The average molecular weight is 719 g/mol. The number of ether oxygens (including phenoxy) is 2. The fourth-order valence-corrected chi connectivity index (χ4v) is 8.50. The SMILES string of the molecule is CCC1(C)CC(OC(=O)C=CC(=O)OC2CC(C)(CC)N(OCCc3ccccc3)C(C)(CC)C2C)C(C)C(C)(CC)N1OCCc1ccccc1. The number of hydrogen-bond donors (Lipinski definition) is 0. The Hall–Kier alpha value is -3.04. The first-order valence-electron chi connectivity index (χ1n) is 19.7. The first kappa shape index (κ1) is 41.7. The molecule has 8 heteroatoms. The Bertz CT molecular complexity index is 1360. The Morgan fingerprint density at radius 3 is 1.27 bits per heavy atom. The molecule has 8 nitrogen and oxygen atoms in total. The van der Waals surface area contributed by atoms with Crippen LogP contribution < -0.4 is 0 Å². The number of piperidine rings is 2. The molecule has 2 aliphatic rings. The maximum absolute atomic E-state index is 13.3. The summed E-state index contributed by atoms with van der Waals surface area (Å²) in [4.78, 5) is 39.7. The van der Waals surface area contributed by atoms with Crippen molar-refractivity contribution in [1.82, 2.24) is 10.1 Å². The minimum absolute atomic E-state index is 0.00228. The van der Waals surface area contributed by atoms with Crippen molar-refractivity contribution in [2.75, 3.05) is 13.2 Å². The minimum atomic E-state index is -0.532. The summed E-state index contributed by atoms with van der Waals surface area (Å²) in [6.07, 6.45) is 8.01. The second-order valence-corrected chi connectivity index (χ2v) is 16.1. The normalized spacial score (nSPS) is 32.9. The van der Waals surface area contributed by atoms with E-state index in [0.29, 0.717) is 26.1 Å². The molecule has 2 fully saturated rings. The lowest BCUT2D eigenvalue weighted by molar-refractivity contribution is -0.317. The number of carbonyl (C=O) groups excluding carboxylic acids is 2. The van der Waals surface area contributed by atoms with Crippen LogP contribution >= 0.6 is 0 Å². The summed E-state index contributed by atoms with van der Waals surface area (Å²) in [5.41, 5.74) is 1.08. The van der Waals surface area contributed by atoms with Gasteiger partial charge in [0.25, 0.3) is 0 Å². The van der Waals surface area contributed by atoms with Crippen molar-refractivity contribution >= 4 is 11.9 Å². The van der Waals surface area contributed by atoms with Crippen LogP contribution in [0, 0.1) is 11.8 Å². The second-order valence-electron chi connectivity index (χ2n) is 16.1.